The first-order chi connectivity index (χ1) is 14.2. The normalized spacial score (nSPS) is 12.8. The number of aliphatic carboxylic acids is 1. The van der Waals surface area contributed by atoms with Crippen LogP contribution in [0.4, 0.5) is 4.39 Å². The monoisotopic (exact) mass is 430 g/mol. The van der Waals surface area contributed by atoms with E-state index < -0.39 is 10.7 Å². The molecule has 2 rings (SSSR count). The molecule has 2 aromatic rings. The van der Waals surface area contributed by atoms with Crippen molar-refractivity contribution < 1.29 is 23.4 Å². The maximum Gasteiger partial charge on any atom is 0.319 e. The summed E-state index contributed by atoms with van der Waals surface area (Å²) in [5.74, 6) is 1.59. The van der Waals surface area contributed by atoms with Crippen LogP contribution in [0.1, 0.15) is 43.4 Å². The van der Waals surface area contributed by atoms with E-state index in [9.17, 15) is 14.3 Å². The number of aryl methyl sites for hydroxylation is 1. The van der Waals surface area contributed by atoms with Crippen molar-refractivity contribution in [2.75, 3.05) is 0 Å². The largest absolute Gasteiger partial charge is 0.489 e. The second kappa shape index (κ2) is 10.9. The molecule has 0 fully saturated rings. The molecular formula is C24H27FO4S. The van der Waals surface area contributed by atoms with Gasteiger partial charge in [0.25, 0.3) is 0 Å². The molecule has 1 heterocycles. The van der Waals surface area contributed by atoms with E-state index >= 15 is 0 Å². The molecule has 0 spiro atoms. The molecule has 0 unspecified atom stereocenters. The summed E-state index contributed by atoms with van der Waals surface area (Å²) >= 11 is 1.37. The Morgan fingerprint density at radius 1 is 1.30 bits per heavy atom. The highest BCUT2D eigenvalue weighted by Crippen LogP contribution is 2.29. The molecule has 0 saturated heterocycles. The van der Waals surface area contributed by atoms with Crippen LogP contribution in [0.25, 0.3) is 6.08 Å². The average molecular weight is 431 g/mol. The predicted molar refractivity (Wildman–Crippen MR) is 120 cm³/mol. The summed E-state index contributed by atoms with van der Waals surface area (Å²) in [4.78, 5) is 11.2. The van der Waals surface area contributed by atoms with Crippen molar-refractivity contribution in [3.8, 4) is 5.75 Å². The Labute approximate surface area is 181 Å². The summed E-state index contributed by atoms with van der Waals surface area (Å²) in [7, 11) is 0. The van der Waals surface area contributed by atoms with Crippen LogP contribution in [-0.2, 0) is 17.2 Å². The van der Waals surface area contributed by atoms with Crippen molar-refractivity contribution in [2.24, 2.45) is 0 Å². The lowest BCUT2D eigenvalue weighted by atomic mass is 10.2. The zero-order valence-electron chi connectivity index (χ0n) is 17.6. The lowest BCUT2D eigenvalue weighted by Gasteiger charge is -2.18. The number of thioether (sulfide) groups is 1. The first kappa shape index (κ1) is 23.5. The van der Waals surface area contributed by atoms with E-state index in [0.717, 1.165) is 16.9 Å². The minimum Gasteiger partial charge on any atom is -0.489 e. The summed E-state index contributed by atoms with van der Waals surface area (Å²) in [5.41, 5.74) is 1.92. The van der Waals surface area contributed by atoms with Gasteiger partial charge in [0, 0.05) is 11.3 Å². The zero-order chi connectivity index (χ0) is 22.1. The minimum absolute atomic E-state index is 0.295. The number of benzene rings is 1. The molecule has 6 heteroatoms. The smallest absolute Gasteiger partial charge is 0.319 e. The van der Waals surface area contributed by atoms with E-state index in [1.807, 2.05) is 37.3 Å². The quantitative estimate of drug-likeness (QED) is 0.425. The molecule has 30 heavy (non-hydrogen) atoms. The predicted octanol–water partition coefficient (Wildman–Crippen LogP) is 6.71. The number of carboxylic acid groups (broad SMARTS) is 1. The summed E-state index contributed by atoms with van der Waals surface area (Å²) in [5, 5.41) is 9.23. The molecule has 0 bridgehead atoms. The van der Waals surface area contributed by atoms with E-state index in [1.54, 1.807) is 39.0 Å². The number of carboxylic acids is 1. The van der Waals surface area contributed by atoms with Crippen LogP contribution in [0.3, 0.4) is 0 Å². The third-order valence-corrected chi connectivity index (χ3v) is 5.72. The van der Waals surface area contributed by atoms with Gasteiger partial charge < -0.3 is 14.3 Å². The fraction of sp³-hybridized carbons (Fsp3) is 0.292. The van der Waals surface area contributed by atoms with E-state index in [1.165, 1.54) is 23.9 Å². The highest BCUT2D eigenvalue weighted by molar-refractivity contribution is 8.00. The molecule has 4 nitrogen and oxygen atoms in total. The molecule has 1 aromatic carbocycles. The van der Waals surface area contributed by atoms with Crippen LogP contribution in [0.2, 0.25) is 0 Å². The topological polar surface area (TPSA) is 59.7 Å². The second-order valence-electron chi connectivity index (χ2n) is 7.16. The number of furan rings is 1. The number of ether oxygens (including phenoxy) is 1. The van der Waals surface area contributed by atoms with Crippen LogP contribution in [0, 0.1) is 6.92 Å². The van der Waals surface area contributed by atoms with E-state index in [0.29, 0.717) is 23.9 Å². The molecule has 160 valence electrons. The van der Waals surface area contributed by atoms with Gasteiger partial charge in [0.05, 0.1) is 0 Å². The SMILES string of the molecule is C\C=C(F)/C=C\C=C\c1cc(COc2cccc(CSC(C)(C)C(=O)O)c2)c(C)o1. The molecule has 1 aromatic heterocycles. The highest BCUT2D eigenvalue weighted by Gasteiger charge is 2.27. The minimum atomic E-state index is -0.845. The van der Waals surface area contributed by atoms with Gasteiger partial charge in [-0.3, -0.25) is 4.79 Å². The molecule has 0 aliphatic heterocycles. The maximum absolute atomic E-state index is 13.0. The molecule has 0 aliphatic carbocycles. The first-order valence-corrected chi connectivity index (χ1v) is 10.5. The lowest BCUT2D eigenvalue weighted by molar-refractivity contribution is -0.138. The van der Waals surface area contributed by atoms with Gasteiger partial charge in [-0.05, 0) is 63.6 Å². The van der Waals surface area contributed by atoms with Gasteiger partial charge in [0.15, 0.2) is 0 Å². The standard InChI is InChI=1S/C24H27FO4S/c1-5-20(25)10-6-7-11-22-14-19(17(2)29-22)15-28-21-12-8-9-18(13-21)16-30-24(3,4)23(26)27/h5-14H,15-16H2,1-4H3,(H,26,27)/b10-6-,11-7+,20-5+. The molecule has 0 atom stereocenters. The van der Waals surface area contributed by atoms with Crippen molar-refractivity contribution in [3.63, 3.8) is 0 Å². The Bertz CT molecular complexity index is 954. The molecule has 0 radical (unpaired) electrons. The number of hydrogen-bond acceptors (Lipinski definition) is 4. The average Bonchev–Trinajstić information content (AvgIpc) is 3.07. The van der Waals surface area contributed by atoms with Crippen molar-refractivity contribution in [3.05, 3.63) is 83.1 Å². The van der Waals surface area contributed by atoms with Crippen LogP contribution < -0.4 is 4.74 Å². The van der Waals surface area contributed by atoms with E-state index in [2.05, 4.69) is 0 Å². The lowest BCUT2D eigenvalue weighted by Crippen LogP contribution is -2.27. The van der Waals surface area contributed by atoms with Crippen molar-refractivity contribution in [2.45, 2.75) is 44.8 Å². The Morgan fingerprint density at radius 2 is 2.07 bits per heavy atom. The van der Waals surface area contributed by atoms with Crippen molar-refractivity contribution >= 4 is 23.8 Å². The van der Waals surface area contributed by atoms with Crippen molar-refractivity contribution in [1.82, 2.24) is 0 Å². The Hall–Kier alpha value is -2.73. The third kappa shape index (κ3) is 7.26. The first-order valence-electron chi connectivity index (χ1n) is 9.56. The number of allylic oxidation sites excluding steroid dienone is 5. The Balaban J connectivity index is 1.96. The van der Waals surface area contributed by atoms with Gasteiger partial charge >= 0.3 is 5.97 Å². The highest BCUT2D eigenvalue weighted by atomic mass is 32.2. The number of hydrogen-bond donors (Lipinski definition) is 1. The van der Waals surface area contributed by atoms with Gasteiger partial charge in [-0.25, -0.2) is 4.39 Å². The molecule has 1 N–H and O–H groups in total. The second-order valence-corrected chi connectivity index (χ2v) is 8.76. The van der Waals surface area contributed by atoms with Gasteiger partial charge in [-0.15, -0.1) is 11.8 Å². The Kier molecular flexibility index (Phi) is 8.54. The van der Waals surface area contributed by atoms with Gasteiger partial charge in [0.2, 0.25) is 0 Å². The summed E-state index contributed by atoms with van der Waals surface area (Å²) < 4.78 is 23.8. The molecular weight excluding hydrogens is 403 g/mol. The van der Waals surface area contributed by atoms with Gasteiger partial charge in [0.1, 0.15) is 34.5 Å². The summed E-state index contributed by atoms with van der Waals surface area (Å²) in [6, 6.07) is 9.52. The van der Waals surface area contributed by atoms with E-state index in [-0.39, 0.29) is 5.83 Å². The molecule has 0 amide bonds. The van der Waals surface area contributed by atoms with Crippen molar-refractivity contribution in [1.29, 1.82) is 0 Å². The van der Waals surface area contributed by atoms with Crippen LogP contribution in [0.5, 0.6) is 5.75 Å². The van der Waals surface area contributed by atoms with Crippen LogP contribution in [0.15, 0.2) is 64.9 Å². The molecule has 0 saturated carbocycles. The van der Waals surface area contributed by atoms with Crippen LogP contribution >= 0.6 is 11.8 Å². The number of halogens is 1. The zero-order valence-corrected chi connectivity index (χ0v) is 18.5. The summed E-state index contributed by atoms with van der Waals surface area (Å²) in [6.45, 7) is 7.24. The summed E-state index contributed by atoms with van der Waals surface area (Å²) in [6.07, 6.45) is 7.85. The number of rotatable bonds is 10. The Morgan fingerprint density at radius 3 is 2.77 bits per heavy atom. The fourth-order valence-electron chi connectivity index (χ4n) is 2.38. The van der Waals surface area contributed by atoms with Gasteiger partial charge in [-0.1, -0.05) is 30.4 Å². The van der Waals surface area contributed by atoms with Crippen LogP contribution in [-0.4, -0.2) is 15.8 Å². The fourth-order valence-corrected chi connectivity index (χ4v) is 3.21. The maximum atomic E-state index is 13.0. The van der Waals surface area contributed by atoms with Gasteiger partial charge in [-0.2, -0.15) is 0 Å². The molecule has 0 aliphatic rings. The van der Waals surface area contributed by atoms with E-state index in [4.69, 9.17) is 9.15 Å². The third-order valence-electron chi connectivity index (χ3n) is 4.35. The number of carbonyl (C=O) groups is 1.